The largest absolute Gasteiger partial charge is 0.329 e. The maximum Gasteiger partial charge on any atom is 0.246 e. The summed E-state index contributed by atoms with van der Waals surface area (Å²) >= 11 is 0. The lowest BCUT2D eigenvalue weighted by atomic mass is 9.88. The molecule has 108 valence electrons. The smallest absolute Gasteiger partial charge is 0.246 e. The van der Waals surface area contributed by atoms with Crippen molar-refractivity contribution in [2.45, 2.75) is 77.4 Å². The van der Waals surface area contributed by atoms with Crippen LogP contribution >= 0.6 is 0 Å². The van der Waals surface area contributed by atoms with E-state index in [0.29, 0.717) is 0 Å². The zero-order chi connectivity index (χ0) is 14.2. The topological polar surface area (TPSA) is 40.6 Å². The first-order chi connectivity index (χ1) is 8.90. The normalized spacial score (nSPS) is 28.6. The second-order valence-corrected chi connectivity index (χ2v) is 6.49. The predicted octanol–water partition coefficient (Wildman–Crippen LogP) is 2.18. The average Bonchev–Trinajstić information content (AvgIpc) is 2.36. The molecule has 0 N–H and O–H groups in total. The van der Waals surface area contributed by atoms with Crippen LogP contribution in [0.2, 0.25) is 0 Å². The van der Waals surface area contributed by atoms with E-state index in [1.807, 2.05) is 16.7 Å². The van der Waals surface area contributed by atoms with Gasteiger partial charge >= 0.3 is 0 Å². The summed E-state index contributed by atoms with van der Waals surface area (Å²) in [6.45, 7) is 8.91. The first kappa shape index (κ1) is 14.4. The van der Waals surface area contributed by atoms with Crippen molar-refractivity contribution in [3.8, 4) is 0 Å². The van der Waals surface area contributed by atoms with Crippen LogP contribution in [0.1, 0.15) is 59.8 Å². The first-order valence-electron chi connectivity index (χ1n) is 7.54. The van der Waals surface area contributed by atoms with Gasteiger partial charge in [0, 0.05) is 12.1 Å². The highest BCUT2D eigenvalue weighted by Crippen LogP contribution is 2.32. The molecule has 0 bridgehead atoms. The molecule has 2 aliphatic heterocycles. The van der Waals surface area contributed by atoms with Crippen LogP contribution in [0.25, 0.3) is 0 Å². The van der Waals surface area contributed by atoms with Crippen molar-refractivity contribution < 1.29 is 9.59 Å². The van der Waals surface area contributed by atoms with E-state index in [2.05, 4.69) is 20.8 Å². The molecule has 2 unspecified atom stereocenters. The van der Waals surface area contributed by atoms with Crippen molar-refractivity contribution in [1.29, 1.82) is 0 Å². The fourth-order valence-corrected chi connectivity index (χ4v) is 3.71. The van der Waals surface area contributed by atoms with Gasteiger partial charge < -0.3 is 9.80 Å². The number of carbonyl (C=O) groups excluding carboxylic acids is 2. The monoisotopic (exact) mass is 266 g/mol. The fourth-order valence-electron chi connectivity index (χ4n) is 3.71. The highest BCUT2D eigenvalue weighted by atomic mass is 16.2. The summed E-state index contributed by atoms with van der Waals surface area (Å²) in [7, 11) is 0. The van der Waals surface area contributed by atoms with Crippen LogP contribution < -0.4 is 0 Å². The van der Waals surface area contributed by atoms with Crippen LogP contribution in [0, 0.1) is 0 Å². The zero-order valence-electron chi connectivity index (χ0n) is 12.6. The van der Waals surface area contributed by atoms with Crippen LogP contribution in [0.15, 0.2) is 0 Å². The van der Waals surface area contributed by atoms with Gasteiger partial charge in [-0.2, -0.15) is 0 Å². The molecule has 2 fully saturated rings. The molecule has 2 aliphatic rings. The van der Waals surface area contributed by atoms with Crippen LogP contribution in [0.5, 0.6) is 0 Å². The molecule has 2 rings (SSSR count). The summed E-state index contributed by atoms with van der Waals surface area (Å²) < 4.78 is 0. The van der Waals surface area contributed by atoms with Gasteiger partial charge in [0.1, 0.15) is 12.1 Å². The number of hydrogen-bond acceptors (Lipinski definition) is 2. The van der Waals surface area contributed by atoms with Crippen LogP contribution in [0.4, 0.5) is 0 Å². The standard InChI is InChI=1S/C15H26N2O2/c1-5-9-15(3,4)17-11(2)13(18)16-10-7-6-8-12(16)14(17)19/h11-12H,5-10H2,1-4H3. The lowest BCUT2D eigenvalue weighted by Gasteiger charge is -2.51. The van der Waals surface area contributed by atoms with Gasteiger partial charge in [0.05, 0.1) is 0 Å². The Morgan fingerprint density at radius 2 is 1.89 bits per heavy atom. The number of hydrogen-bond donors (Lipinski definition) is 0. The van der Waals surface area contributed by atoms with E-state index >= 15 is 0 Å². The minimum atomic E-state index is -0.316. The highest BCUT2D eigenvalue weighted by Gasteiger charge is 2.48. The third-order valence-electron chi connectivity index (χ3n) is 4.57. The molecule has 2 saturated heterocycles. The molecule has 0 aromatic heterocycles. The summed E-state index contributed by atoms with van der Waals surface area (Å²) in [4.78, 5) is 28.9. The van der Waals surface area contributed by atoms with Crippen LogP contribution in [-0.4, -0.2) is 45.8 Å². The molecule has 0 aromatic carbocycles. The minimum absolute atomic E-state index is 0.133. The molecule has 4 heteroatoms. The van der Waals surface area contributed by atoms with E-state index in [-0.39, 0.29) is 29.4 Å². The number of amides is 2. The first-order valence-corrected chi connectivity index (χ1v) is 7.54. The molecular formula is C15H26N2O2. The maximum absolute atomic E-state index is 12.8. The van der Waals surface area contributed by atoms with Crippen molar-refractivity contribution >= 4 is 11.8 Å². The zero-order valence-corrected chi connectivity index (χ0v) is 12.6. The van der Waals surface area contributed by atoms with Crippen LogP contribution in [-0.2, 0) is 9.59 Å². The predicted molar refractivity (Wildman–Crippen MR) is 74.6 cm³/mol. The third-order valence-corrected chi connectivity index (χ3v) is 4.57. The highest BCUT2D eigenvalue weighted by molar-refractivity contribution is 5.97. The van der Waals surface area contributed by atoms with E-state index < -0.39 is 0 Å². The molecule has 0 spiro atoms. The summed E-state index contributed by atoms with van der Waals surface area (Å²) in [6, 6.07) is -0.517. The quantitative estimate of drug-likeness (QED) is 0.785. The summed E-state index contributed by atoms with van der Waals surface area (Å²) in [5.74, 6) is 0.290. The van der Waals surface area contributed by atoms with E-state index in [0.717, 1.165) is 38.6 Å². The van der Waals surface area contributed by atoms with Crippen LogP contribution in [0.3, 0.4) is 0 Å². The number of carbonyl (C=O) groups is 2. The van der Waals surface area contributed by atoms with Crippen molar-refractivity contribution in [3.63, 3.8) is 0 Å². The second kappa shape index (κ2) is 5.14. The number of piperazine rings is 1. The van der Waals surface area contributed by atoms with Crippen molar-refractivity contribution in [3.05, 3.63) is 0 Å². The van der Waals surface area contributed by atoms with Gasteiger partial charge in [-0.15, -0.1) is 0 Å². The van der Waals surface area contributed by atoms with E-state index in [1.165, 1.54) is 0 Å². The van der Waals surface area contributed by atoms with Gasteiger partial charge in [0.25, 0.3) is 0 Å². The molecular weight excluding hydrogens is 240 g/mol. The summed E-state index contributed by atoms with van der Waals surface area (Å²) in [6.07, 6.45) is 4.86. The fraction of sp³-hybridized carbons (Fsp3) is 0.867. The van der Waals surface area contributed by atoms with Gasteiger partial charge in [-0.3, -0.25) is 9.59 Å². The Hall–Kier alpha value is -1.06. The van der Waals surface area contributed by atoms with Crippen molar-refractivity contribution in [2.24, 2.45) is 0 Å². The molecule has 2 atom stereocenters. The van der Waals surface area contributed by atoms with Gasteiger partial charge in [-0.05, 0) is 46.5 Å². The summed E-state index contributed by atoms with van der Waals surface area (Å²) in [5, 5.41) is 0. The Balaban J connectivity index is 2.29. The number of nitrogens with zero attached hydrogens (tertiary/aromatic N) is 2. The van der Waals surface area contributed by atoms with Crippen molar-refractivity contribution in [2.75, 3.05) is 6.54 Å². The molecule has 0 saturated carbocycles. The Bertz CT molecular complexity index is 378. The van der Waals surface area contributed by atoms with Gasteiger partial charge in [-0.1, -0.05) is 13.3 Å². The minimum Gasteiger partial charge on any atom is -0.329 e. The molecule has 0 aliphatic carbocycles. The number of fused-ring (bicyclic) bond motifs is 1. The Kier molecular flexibility index (Phi) is 3.88. The Morgan fingerprint density at radius 3 is 2.53 bits per heavy atom. The maximum atomic E-state index is 12.8. The SMILES string of the molecule is CCCC(C)(C)N1C(=O)C2CCCCN2C(=O)C1C. The van der Waals surface area contributed by atoms with E-state index in [9.17, 15) is 9.59 Å². The molecule has 2 heterocycles. The van der Waals surface area contributed by atoms with Gasteiger partial charge in [0.15, 0.2) is 0 Å². The number of piperidine rings is 1. The Labute approximate surface area is 116 Å². The Morgan fingerprint density at radius 1 is 1.21 bits per heavy atom. The van der Waals surface area contributed by atoms with Gasteiger partial charge in [-0.25, -0.2) is 0 Å². The van der Waals surface area contributed by atoms with Crippen molar-refractivity contribution in [1.82, 2.24) is 9.80 Å². The van der Waals surface area contributed by atoms with E-state index in [4.69, 9.17) is 0 Å². The lowest BCUT2D eigenvalue weighted by molar-refractivity contribution is -0.169. The molecule has 19 heavy (non-hydrogen) atoms. The third kappa shape index (κ3) is 2.37. The second-order valence-electron chi connectivity index (χ2n) is 6.49. The lowest BCUT2D eigenvalue weighted by Crippen LogP contribution is -2.69. The molecule has 2 amide bonds. The van der Waals surface area contributed by atoms with Gasteiger partial charge in [0.2, 0.25) is 11.8 Å². The van der Waals surface area contributed by atoms with E-state index in [1.54, 1.807) is 0 Å². The number of rotatable bonds is 3. The molecule has 0 radical (unpaired) electrons. The summed E-state index contributed by atoms with van der Waals surface area (Å²) in [5.41, 5.74) is -0.232. The molecule has 0 aromatic rings. The molecule has 4 nitrogen and oxygen atoms in total. The average molecular weight is 266 g/mol.